The first-order valence-electron chi connectivity index (χ1n) is 6.19. The highest BCUT2D eigenvalue weighted by molar-refractivity contribution is 6.58. The summed E-state index contributed by atoms with van der Waals surface area (Å²) in [7, 11) is -1.44. The Morgan fingerprint density at radius 3 is 2.55 bits per heavy atom. The van der Waals surface area contributed by atoms with Gasteiger partial charge in [0.2, 0.25) is 0 Å². The smallest absolute Gasteiger partial charge is 0.423 e. The normalized spacial score (nSPS) is 10.9. The number of fused-ring (bicyclic) bond motifs is 1. The predicted octanol–water partition coefficient (Wildman–Crippen LogP) is 1.42. The maximum Gasteiger partial charge on any atom is 0.488 e. The maximum absolute atomic E-state index is 9.07. The number of benzene rings is 2. The van der Waals surface area contributed by atoms with Gasteiger partial charge in [-0.05, 0) is 23.2 Å². The van der Waals surface area contributed by atoms with Gasteiger partial charge in [0.25, 0.3) is 0 Å². The molecule has 4 nitrogen and oxygen atoms in total. The number of imidazole rings is 1. The number of aromatic nitrogens is 2. The van der Waals surface area contributed by atoms with Crippen molar-refractivity contribution in [3.63, 3.8) is 0 Å². The second-order valence-corrected chi connectivity index (χ2v) is 5.00. The van der Waals surface area contributed by atoms with Gasteiger partial charge in [0.05, 0.1) is 22.4 Å². The molecule has 0 saturated carbocycles. The van der Waals surface area contributed by atoms with Crippen molar-refractivity contribution < 1.29 is 10.0 Å². The fraction of sp³-hybridized carbons (Fsp3) is 0.0714. The minimum atomic E-state index is -1.44. The lowest BCUT2D eigenvalue weighted by Crippen LogP contribution is -2.29. The largest absolute Gasteiger partial charge is 0.488 e. The van der Waals surface area contributed by atoms with Crippen LogP contribution in [-0.4, -0.2) is 26.7 Å². The minimum Gasteiger partial charge on any atom is -0.423 e. The van der Waals surface area contributed by atoms with Gasteiger partial charge in [0, 0.05) is 6.54 Å². The van der Waals surface area contributed by atoms with Crippen LogP contribution in [0.1, 0.15) is 5.56 Å². The molecule has 0 aliphatic heterocycles. The lowest BCUT2D eigenvalue weighted by atomic mass is 9.80. The zero-order valence-corrected chi connectivity index (χ0v) is 11.3. The molecule has 0 radical (unpaired) electrons. The van der Waals surface area contributed by atoms with E-state index in [-0.39, 0.29) is 0 Å². The summed E-state index contributed by atoms with van der Waals surface area (Å²) in [6.45, 7) is 0.627. The Balaban J connectivity index is 1.93. The van der Waals surface area contributed by atoms with E-state index < -0.39 is 7.12 Å². The van der Waals surface area contributed by atoms with Crippen LogP contribution in [-0.2, 0) is 6.54 Å². The van der Waals surface area contributed by atoms with Gasteiger partial charge in [-0.25, -0.2) is 4.98 Å². The molecule has 0 spiro atoms. The summed E-state index contributed by atoms with van der Waals surface area (Å²) < 4.78 is 1.97. The van der Waals surface area contributed by atoms with Crippen LogP contribution in [0.15, 0.2) is 48.8 Å². The van der Waals surface area contributed by atoms with Crippen molar-refractivity contribution in [3.05, 3.63) is 59.4 Å². The molecule has 1 aromatic heterocycles. The van der Waals surface area contributed by atoms with E-state index in [1.54, 1.807) is 18.5 Å². The summed E-state index contributed by atoms with van der Waals surface area (Å²) in [5, 5.41) is 18.8. The molecule has 3 rings (SSSR count). The summed E-state index contributed by atoms with van der Waals surface area (Å²) in [4.78, 5) is 4.32. The van der Waals surface area contributed by atoms with Crippen LogP contribution in [0, 0.1) is 0 Å². The molecule has 0 unspecified atom stereocenters. The van der Waals surface area contributed by atoms with Crippen LogP contribution >= 0.6 is 11.6 Å². The number of halogens is 1. The Bertz CT molecular complexity index is 741. The van der Waals surface area contributed by atoms with Gasteiger partial charge in [-0.3, -0.25) is 0 Å². The average molecular weight is 287 g/mol. The quantitative estimate of drug-likeness (QED) is 0.716. The molecule has 0 fully saturated rings. The van der Waals surface area contributed by atoms with Crippen LogP contribution in [0.4, 0.5) is 0 Å². The molecule has 3 aromatic rings. The molecule has 0 bridgehead atoms. The molecule has 2 aromatic carbocycles. The molecule has 0 aliphatic rings. The Kier molecular flexibility index (Phi) is 3.48. The third kappa shape index (κ3) is 2.43. The van der Waals surface area contributed by atoms with E-state index in [1.165, 1.54) is 0 Å². The summed E-state index contributed by atoms with van der Waals surface area (Å²) in [6.07, 6.45) is 1.76. The first-order chi connectivity index (χ1) is 9.65. The summed E-state index contributed by atoms with van der Waals surface area (Å²) >= 11 is 6.21. The van der Waals surface area contributed by atoms with E-state index in [2.05, 4.69) is 4.98 Å². The van der Waals surface area contributed by atoms with Gasteiger partial charge in [0.1, 0.15) is 0 Å². The highest BCUT2D eigenvalue weighted by Gasteiger charge is 2.11. The van der Waals surface area contributed by atoms with Crippen molar-refractivity contribution in [2.24, 2.45) is 0 Å². The zero-order valence-electron chi connectivity index (χ0n) is 10.6. The number of nitrogens with zero attached hydrogens (tertiary/aromatic N) is 2. The van der Waals surface area contributed by atoms with E-state index in [9.17, 15) is 0 Å². The molecular formula is C14H12BClN2O2. The van der Waals surface area contributed by atoms with E-state index in [0.29, 0.717) is 17.0 Å². The number of hydrogen-bond acceptors (Lipinski definition) is 3. The zero-order chi connectivity index (χ0) is 14.1. The van der Waals surface area contributed by atoms with Gasteiger partial charge >= 0.3 is 7.12 Å². The SMILES string of the molecule is OB(O)c1ccc(Cn2cnc3cccc(Cl)c32)cc1. The fourth-order valence-corrected chi connectivity index (χ4v) is 2.47. The molecule has 0 amide bonds. The predicted molar refractivity (Wildman–Crippen MR) is 80.1 cm³/mol. The number of para-hydroxylation sites is 1. The number of hydrogen-bond donors (Lipinski definition) is 2. The second-order valence-electron chi connectivity index (χ2n) is 4.60. The first-order valence-corrected chi connectivity index (χ1v) is 6.57. The fourth-order valence-electron chi connectivity index (χ4n) is 2.19. The van der Waals surface area contributed by atoms with E-state index in [0.717, 1.165) is 16.6 Å². The summed E-state index contributed by atoms with van der Waals surface area (Å²) in [5.74, 6) is 0. The van der Waals surface area contributed by atoms with Crippen molar-refractivity contribution in [3.8, 4) is 0 Å². The lowest BCUT2D eigenvalue weighted by molar-refractivity contribution is 0.426. The molecule has 100 valence electrons. The maximum atomic E-state index is 9.07. The van der Waals surface area contributed by atoms with Gasteiger partial charge in [0.15, 0.2) is 0 Å². The molecule has 0 aliphatic carbocycles. The van der Waals surface area contributed by atoms with E-state index >= 15 is 0 Å². The molecule has 1 heterocycles. The number of rotatable bonds is 3. The van der Waals surface area contributed by atoms with Crippen molar-refractivity contribution in [1.82, 2.24) is 9.55 Å². The van der Waals surface area contributed by atoms with Crippen LogP contribution in [0.3, 0.4) is 0 Å². The molecule has 20 heavy (non-hydrogen) atoms. The highest BCUT2D eigenvalue weighted by atomic mass is 35.5. The summed E-state index contributed by atoms with van der Waals surface area (Å²) in [6, 6.07) is 12.7. The summed E-state index contributed by atoms with van der Waals surface area (Å²) in [5.41, 5.74) is 3.27. The standard InChI is InChI=1S/C14H12BClN2O2/c16-12-2-1-3-13-14(12)18(9-17-13)8-10-4-6-11(7-5-10)15(19)20/h1-7,9,19-20H,8H2. The Morgan fingerprint density at radius 2 is 1.85 bits per heavy atom. The molecule has 0 atom stereocenters. The van der Waals surface area contributed by atoms with Gasteiger partial charge in [-0.15, -0.1) is 0 Å². The van der Waals surface area contributed by atoms with E-state index in [4.69, 9.17) is 21.6 Å². The van der Waals surface area contributed by atoms with Gasteiger partial charge < -0.3 is 14.6 Å². The Morgan fingerprint density at radius 1 is 1.10 bits per heavy atom. The van der Waals surface area contributed by atoms with E-state index in [1.807, 2.05) is 34.9 Å². The topological polar surface area (TPSA) is 58.3 Å². The van der Waals surface area contributed by atoms with Crippen LogP contribution in [0.2, 0.25) is 5.02 Å². The molecular weight excluding hydrogens is 274 g/mol. The van der Waals surface area contributed by atoms with Crippen LogP contribution < -0.4 is 5.46 Å². The third-order valence-corrected chi connectivity index (χ3v) is 3.52. The second kappa shape index (κ2) is 5.29. The molecule has 0 saturated heterocycles. The van der Waals surface area contributed by atoms with Crippen molar-refractivity contribution in [2.45, 2.75) is 6.54 Å². The van der Waals surface area contributed by atoms with Crippen molar-refractivity contribution in [2.75, 3.05) is 0 Å². The average Bonchev–Trinajstić information content (AvgIpc) is 2.84. The van der Waals surface area contributed by atoms with Gasteiger partial charge in [-0.1, -0.05) is 41.9 Å². The van der Waals surface area contributed by atoms with Gasteiger partial charge in [-0.2, -0.15) is 0 Å². The first kappa shape index (κ1) is 13.2. The highest BCUT2D eigenvalue weighted by Crippen LogP contribution is 2.23. The molecule has 2 N–H and O–H groups in total. The lowest BCUT2D eigenvalue weighted by Gasteiger charge is -2.07. The van der Waals surface area contributed by atoms with Crippen LogP contribution in [0.5, 0.6) is 0 Å². The Hall–Kier alpha value is -1.82. The molecule has 6 heteroatoms. The van der Waals surface area contributed by atoms with Crippen LogP contribution in [0.25, 0.3) is 11.0 Å². The monoisotopic (exact) mass is 286 g/mol. The Labute approximate surface area is 121 Å². The van der Waals surface area contributed by atoms with Crippen molar-refractivity contribution in [1.29, 1.82) is 0 Å². The minimum absolute atomic E-state index is 0.474. The van der Waals surface area contributed by atoms with Crippen molar-refractivity contribution >= 4 is 35.2 Å². The third-order valence-electron chi connectivity index (χ3n) is 3.22.